The molecule has 0 aromatic heterocycles. The second-order valence-corrected chi connectivity index (χ2v) is 7.78. The Morgan fingerprint density at radius 1 is 1.04 bits per heavy atom. The molecule has 2 aromatic rings. The van der Waals surface area contributed by atoms with Gasteiger partial charge in [-0.3, -0.25) is 9.10 Å². The Kier molecular flexibility index (Phi) is 6.45. The highest BCUT2D eigenvalue weighted by molar-refractivity contribution is 7.92. The first-order chi connectivity index (χ1) is 12.7. The van der Waals surface area contributed by atoms with Gasteiger partial charge in [-0.1, -0.05) is 17.7 Å². The lowest BCUT2D eigenvalue weighted by molar-refractivity contribution is -0.138. The zero-order valence-corrected chi connectivity index (χ0v) is 16.5. The predicted molar refractivity (Wildman–Crippen MR) is 101 cm³/mol. The lowest BCUT2D eigenvalue weighted by atomic mass is 10.1. The molecule has 0 aliphatic rings. The van der Waals surface area contributed by atoms with Crippen molar-refractivity contribution in [3.63, 3.8) is 0 Å². The van der Waals surface area contributed by atoms with Crippen molar-refractivity contribution in [3.05, 3.63) is 58.6 Å². The molecule has 0 unspecified atom stereocenters. The molecule has 0 fully saturated rings. The molecule has 27 heavy (non-hydrogen) atoms. The number of sulfonamides is 1. The SMILES string of the molecule is COC(=O)CN(c1cccc(C(=O)OC)c1C)S(=O)(=O)c1ccc(Cl)cc1. The van der Waals surface area contributed by atoms with Gasteiger partial charge >= 0.3 is 11.9 Å². The van der Waals surface area contributed by atoms with E-state index in [0.717, 1.165) is 11.4 Å². The summed E-state index contributed by atoms with van der Waals surface area (Å²) in [4.78, 5) is 23.8. The molecule has 0 bridgehead atoms. The first kappa shape index (κ1) is 20.7. The van der Waals surface area contributed by atoms with E-state index in [4.69, 9.17) is 16.3 Å². The number of hydrogen-bond donors (Lipinski definition) is 0. The van der Waals surface area contributed by atoms with Gasteiger partial charge in [-0.2, -0.15) is 0 Å². The van der Waals surface area contributed by atoms with Crippen LogP contribution in [-0.4, -0.2) is 41.1 Å². The number of carbonyl (C=O) groups is 2. The molecule has 2 aromatic carbocycles. The summed E-state index contributed by atoms with van der Waals surface area (Å²) in [5.41, 5.74) is 0.709. The Morgan fingerprint density at radius 2 is 1.67 bits per heavy atom. The minimum Gasteiger partial charge on any atom is -0.468 e. The largest absolute Gasteiger partial charge is 0.468 e. The highest BCUT2D eigenvalue weighted by Gasteiger charge is 2.29. The van der Waals surface area contributed by atoms with Crippen LogP contribution in [0.15, 0.2) is 47.4 Å². The summed E-state index contributed by atoms with van der Waals surface area (Å²) in [6.45, 7) is 1.01. The average molecular weight is 412 g/mol. The third kappa shape index (κ3) is 4.40. The van der Waals surface area contributed by atoms with Crippen LogP contribution < -0.4 is 4.31 Å². The van der Waals surface area contributed by atoms with Crippen LogP contribution in [0.5, 0.6) is 0 Å². The third-order valence-electron chi connectivity index (χ3n) is 3.88. The quantitative estimate of drug-likeness (QED) is 0.679. The summed E-state index contributed by atoms with van der Waals surface area (Å²) in [6, 6.07) is 10.1. The summed E-state index contributed by atoms with van der Waals surface area (Å²) in [5, 5.41) is 0.373. The zero-order chi connectivity index (χ0) is 20.2. The van der Waals surface area contributed by atoms with Crippen LogP contribution in [0.4, 0.5) is 5.69 Å². The van der Waals surface area contributed by atoms with Gasteiger partial charge in [-0.05, 0) is 48.9 Å². The number of rotatable bonds is 6. The second-order valence-electron chi connectivity index (χ2n) is 5.48. The molecule has 0 spiro atoms. The molecule has 2 rings (SSSR count). The van der Waals surface area contributed by atoms with Gasteiger partial charge in [0.05, 0.1) is 30.4 Å². The molecular weight excluding hydrogens is 394 g/mol. The number of anilines is 1. The van der Waals surface area contributed by atoms with E-state index in [1.54, 1.807) is 6.92 Å². The lowest BCUT2D eigenvalue weighted by Crippen LogP contribution is -2.37. The fraction of sp³-hybridized carbons (Fsp3) is 0.222. The highest BCUT2D eigenvalue weighted by Crippen LogP contribution is 2.29. The topological polar surface area (TPSA) is 90.0 Å². The van der Waals surface area contributed by atoms with E-state index in [9.17, 15) is 18.0 Å². The molecule has 0 saturated carbocycles. The smallest absolute Gasteiger partial charge is 0.338 e. The standard InChI is InChI=1S/C18H18ClNO6S/c1-12-15(18(22)26-3)5-4-6-16(12)20(11-17(21)25-2)27(23,24)14-9-7-13(19)8-10-14/h4-10H,11H2,1-3H3. The van der Waals surface area contributed by atoms with Crippen molar-refractivity contribution < 1.29 is 27.5 Å². The fourth-order valence-corrected chi connectivity index (χ4v) is 4.03. The van der Waals surface area contributed by atoms with Crippen molar-refractivity contribution in [2.75, 3.05) is 25.1 Å². The summed E-state index contributed by atoms with van der Waals surface area (Å²) < 4.78 is 36.6. The first-order valence-corrected chi connectivity index (χ1v) is 9.57. The van der Waals surface area contributed by atoms with Gasteiger partial charge < -0.3 is 9.47 Å². The number of nitrogens with zero attached hydrogens (tertiary/aromatic N) is 1. The van der Waals surface area contributed by atoms with Crippen molar-refractivity contribution in [1.82, 2.24) is 0 Å². The summed E-state index contributed by atoms with van der Waals surface area (Å²) >= 11 is 5.83. The van der Waals surface area contributed by atoms with E-state index in [1.165, 1.54) is 49.6 Å². The van der Waals surface area contributed by atoms with E-state index >= 15 is 0 Å². The van der Waals surface area contributed by atoms with E-state index in [0.29, 0.717) is 10.6 Å². The maximum atomic E-state index is 13.2. The molecule has 144 valence electrons. The molecule has 0 N–H and O–H groups in total. The van der Waals surface area contributed by atoms with Crippen molar-refractivity contribution >= 4 is 39.3 Å². The second kappa shape index (κ2) is 8.41. The Morgan fingerprint density at radius 3 is 2.22 bits per heavy atom. The van der Waals surface area contributed by atoms with Gasteiger partial charge in [0.1, 0.15) is 6.54 Å². The lowest BCUT2D eigenvalue weighted by Gasteiger charge is -2.25. The number of hydrogen-bond acceptors (Lipinski definition) is 6. The van der Waals surface area contributed by atoms with Gasteiger partial charge in [-0.15, -0.1) is 0 Å². The van der Waals surface area contributed by atoms with Gasteiger partial charge in [0.15, 0.2) is 0 Å². The van der Waals surface area contributed by atoms with Crippen molar-refractivity contribution in [2.45, 2.75) is 11.8 Å². The monoisotopic (exact) mass is 411 g/mol. The molecule has 0 aliphatic carbocycles. The molecule has 0 radical (unpaired) electrons. The highest BCUT2D eigenvalue weighted by atomic mass is 35.5. The predicted octanol–water partition coefficient (Wildman–Crippen LogP) is 2.80. The molecule has 0 saturated heterocycles. The van der Waals surface area contributed by atoms with E-state index < -0.39 is 28.5 Å². The average Bonchev–Trinajstić information content (AvgIpc) is 2.66. The number of esters is 2. The van der Waals surface area contributed by atoms with Crippen LogP contribution in [0.1, 0.15) is 15.9 Å². The van der Waals surface area contributed by atoms with Crippen LogP contribution in [-0.2, 0) is 24.3 Å². The molecule has 7 nitrogen and oxygen atoms in total. The number of ether oxygens (including phenoxy) is 2. The van der Waals surface area contributed by atoms with Gasteiger partial charge in [-0.25, -0.2) is 13.2 Å². The van der Waals surface area contributed by atoms with Crippen molar-refractivity contribution in [3.8, 4) is 0 Å². The number of carbonyl (C=O) groups excluding carboxylic acids is 2. The summed E-state index contributed by atoms with van der Waals surface area (Å²) in [7, 11) is -1.74. The number of methoxy groups -OCH3 is 2. The minimum absolute atomic E-state index is 0.0568. The number of halogens is 1. The minimum atomic E-state index is -4.13. The summed E-state index contributed by atoms with van der Waals surface area (Å²) in [6.07, 6.45) is 0. The van der Waals surface area contributed by atoms with Crippen LogP contribution in [0.25, 0.3) is 0 Å². The first-order valence-electron chi connectivity index (χ1n) is 7.75. The molecule has 0 amide bonds. The Labute approximate surface area is 162 Å². The van der Waals surface area contributed by atoms with Gasteiger partial charge in [0.25, 0.3) is 10.0 Å². The molecular formula is C18H18ClNO6S. The van der Waals surface area contributed by atoms with Gasteiger partial charge in [0, 0.05) is 5.02 Å². The molecule has 0 atom stereocenters. The van der Waals surface area contributed by atoms with Gasteiger partial charge in [0.2, 0.25) is 0 Å². The molecule has 9 heteroatoms. The van der Waals surface area contributed by atoms with E-state index in [1.807, 2.05) is 0 Å². The van der Waals surface area contributed by atoms with E-state index in [-0.39, 0.29) is 16.1 Å². The number of benzene rings is 2. The van der Waals surface area contributed by atoms with Crippen LogP contribution in [0, 0.1) is 6.92 Å². The zero-order valence-electron chi connectivity index (χ0n) is 14.9. The van der Waals surface area contributed by atoms with Crippen LogP contribution >= 0.6 is 11.6 Å². The molecule has 0 heterocycles. The Bertz CT molecular complexity index is 956. The van der Waals surface area contributed by atoms with Crippen molar-refractivity contribution in [2.24, 2.45) is 0 Å². The normalized spacial score (nSPS) is 11.0. The third-order valence-corrected chi connectivity index (χ3v) is 5.91. The van der Waals surface area contributed by atoms with E-state index in [2.05, 4.69) is 4.74 Å². The molecule has 0 aliphatic heterocycles. The maximum Gasteiger partial charge on any atom is 0.338 e. The summed E-state index contributed by atoms with van der Waals surface area (Å²) in [5.74, 6) is -1.37. The fourth-order valence-electron chi connectivity index (χ4n) is 2.44. The van der Waals surface area contributed by atoms with Crippen molar-refractivity contribution in [1.29, 1.82) is 0 Å². The Hall–Kier alpha value is -2.58. The van der Waals surface area contributed by atoms with Crippen LogP contribution in [0.2, 0.25) is 5.02 Å². The maximum absolute atomic E-state index is 13.2. The Balaban J connectivity index is 2.64. The van der Waals surface area contributed by atoms with Crippen LogP contribution in [0.3, 0.4) is 0 Å².